The van der Waals surface area contributed by atoms with E-state index in [0.717, 1.165) is 12.0 Å². The Hall–Kier alpha value is 0.394. The Morgan fingerprint density at radius 2 is 2.08 bits per heavy atom. The van der Waals surface area contributed by atoms with Crippen LogP contribution in [0.5, 0.6) is 0 Å². The molecule has 0 aromatic carbocycles. The summed E-state index contributed by atoms with van der Waals surface area (Å²) < 4.78 is 0. The van der Waals surface area contributed by atoms with Gasteiger partial charge in [-0.1, -0.05) is 31.9 Å². The minimum Gasteiger partial charge on any atom is -0.340 e. The standard InChI is InChI=1S/C9H23NSi2/c1-8(10-12-7-11)9-5-3-2-4-6-9/h8-10H,2-7,12H2,1,11H3. The summed E-state index contributed by atoms with van der Waals surface area (Å²) in [5.41, 5.74) is 1.54. The Morgan fingerprint density at radius 1 is 1.42 bits per heavy atom. The van der Waals surface area contributed by atoms with Crippen molar-refractivity contribution in [3.63, 3.8) is 0 Å². The topological polar surface area (TPSA) is 12.0 Å². The number of rotatable bonds is 4. The molecule has 0 aromatic heterocycles. The lowest BCUT2D eigenvalue weighted by Crippen LogP contribution is -2.36. The molecular weight excluding hydrogens is 178 g/mol. The molecular formula is C9H23NSi2. The predicted octanol–water partition coefficient (Wildman–Crippen LogP) is 0.370. The smallest absolute Gasteiger partial charge is 0.0885 e. The van der Waals surface area contributed by atoms with Gasteiger partial charge in [0.25, 0.3) is 0 Å². The van der Waals surface area contributed by atoms with Crippen LogP contribution < -0.4 is 4.98 Å². The van der Waals surface area contributed by atoms with Crippen molar-refractivity contribution in [2.24, 2.45) is 5.92 Å². The van der Waals surface area contributed by atoms with Crippen molar-refractivity contribution in [1.82, 2.24) is 4.98 Å². The third-order valence-electron chi connectivity index (χ3n) is 3.07. The van der Waals surface area contributed by atoms with Crippen LogP contribution in [-0.4, -0.2) is 26.0 Å². The van der Waals surface area contributed by atoms with Crippen molar-refractivity contribution in [2.75, 3.05) is 0 Å². The van der Waals surface area contributed by atoms with Crippen LogP contribution >= 0.6 is 0 Å². The van der Waals surface area contributed by atoms with E-state index in [-0.39, 0.29) is 9.68 Å². The highest BCUT2D eigenvalue weighted by Crippen LogP contribution is 2.25. The maximum atomic E-state index is 3.78. The first-order valence-corrected chi connectivity index (χ1v) is 8.70. The summed E-state index contributed by atoms with van der Waals surface area (Å²) >= 11 is 0. The highest BCUT2D eigenvalue weighted by atomic mass is 28.3. The van der Waals surface area contributed by atoms with Gasteiger partial charge in [0, 0.05) is 10.2 Å². The van der Waals surface area contributed by atoms with Gasteiger partial charge in [-0.2, -0.15) is 0 Å². The molecule has 72 valence electrons. The van der Waals surface area contributed by atoms with Crippen molar-refractivity contribution in [3.05, 3.63) is 0 Å². The molecule has 0 aliphatic heterocycles. The lowest BCUT2D eigenvalue weighted by Gasteiger charge is -2.28. The fourth-order valence-corrected chi connectivity index (χ4v) is 4.12. The van der Waals surface area contributed by atoms with E-state index < -0.39 is 0 Å². The normalized spacial score (nSPS) is 23.8. The Bertz CT molecular complexity index is 113. The zero-order valence-corrected chi connectivity index (χ0v) is 12.0. The molecule has 0 spiro atoms. The summed E-state index contributed by atoms with van der Waals surface area (Å²) in [6, 6.07) is 0.839. The van der Waals surface area contributed by atoms with Gasteiger partial charge in [0.2, 0.25) is 0 Å². The summed E-state index contributed by atoms with van der Waals surface area (Å²) in [5.74, 6) is 1.01. The molecule has 0 bridgehead atoms. The molecule has 1 aliphatic rings. The van der Waals surface area contributed by atoms with Crippen LogP contribution in [0.1, 0.15) is 39.0 Å². The SMILES string of the molecule is CC(N[SiH2]C[SiH3])C1CCCCC1. The van der Waals surface area contributed by atoms with Crippen LogP contribution in [0.25, 0.3) is 0 Å². The van der Waals surface area contributed by atoms with Gasteiger partial charge in [0.05, 0.1) is 9.68 Å². The van der Waals surface area contributed by atoms with Crippen LogP contribution in [-0.2, 0) is 0 Å². The summed E-state index contributed by atoms with van der Waals surface area (Å²) in [5, 5.41) is 0. The highest BCUT2D eigenvalue weighted by molar-refractivity contribution is 6.44. The Balaban J connectivity index is 2.15. The van der Waals surface area contributed by atoms with Crippen LogP contribution in [0.15, 0.2) is 0 Å². The van der Waals surface area contributed by atoms with Gasteiger partial charge < -0.3 is 4.98 Å². The third kappa shape index (κ3) is 3.41. The van der Waals surface area contributed by atoms with Crippen LogP contribution in [0, 0.1) is 5.92 Å². The Labute approximate surface area is 82.0 Å². The van der Waals surface area contributed by atoms with Gasteiger partial charge in [0.15, 0.2) is 0 Å². The van der Waals surface area contributed by atoms with Crippen molar-refractivity contribution in [3.8, 4) is 0 Å². The third-order valence-corrected chi connectivity index (χ3v) is 6.01. The second-order valence-corrected chi connectivity index (χ2v) is 9.05. The fraction of sp³-hybridized carbons (Fsp3) is 1.00. The summed E-state index contributed by atoms with van der Waals surface area (Å²) in [7, 11) is 1.55. The Kier molecular flexibility index (Phi) is 5.19. The predicted molar refractivity (Wildman–Crippen MR) is 62.5 cm³/mol. The minimum absolute atomic E-state index is 0.141. The molecule has 0 aromatic rings. The molecule has 1 N–H and O–H groups in total. The number of nitrogens with one attached hydrogen (secondary N) is 1. The van der Waals surface area contributed by atoms with Gasteiger partial charge in [-0.25, -0.2) is 0 Å². The quantitative estimate of drug-likeness (QED) is 0.648. The zero-order chi connectivity index (χ0) is 8.81. The van der Waals surface area contributed by atoms with E-state index in [4.69, 9.17) is 0 Å². The van der Waals surface area contributed by atoms with Crippen molar-refractivity contribution in [1.29, 1.82) is 0 Å². The van der Waals surface area contributed by atoms with Gasteiger partial charge in [0.1, 0.15) is 0 Å². The largest absolute Gasteiger partial charge is 0.340 e. The zero-order valence-electron chi connectivity index (χ0n) is 8.60. The maximum absolute atomic E-state index is 3.78. The fourth-order valence-electron chi connectivity index (χ4n) is 2.17. The summed E-state index contributed by atoms with van der Waals surface area (Å²) in [6.07, 6.45) is 7.44. The second kappa shape index (κ2) is 5.94. The summed E-state index contributed by atoms with van der Waals surface area (Å²) in [6.45, 7) is 2.40. The van der Waals surface area contributed by atoms with Gasteiger partial charge in [-0.3, -0.25) is 0 Å². The first-order valence-electron chi connectivity index (χ1n) is 5.58. The molecule has 0 saturated heterocycles. The molecule has 12 heavy (non-hydrogen) atoms. The average molecular weight is 201 g/mol. The van der Waals surface area contributed by atoms with E-state index in [1.807, 2.05) is 0 Å². The molecule has 0 radical (unpaired) electrons. The first-order chi connectivity index (χ1) is 5.84. The molecule has 3 heteroatoms. The molecule has 1 atom stereocenters. The molecule has 1 saturated carbocycles. The lowest BCUT2D eigenvalue weighted by atomic mass is 9.85. The maximum Gasteiger partial charge on any atom is 0.0885 e. The van der Waals surface area contributed by atoms with Crippen LogP contribution in [0.3, 0.4) is 0 Å². The van der Waals surface area contributed by atoms with E-state index >= 15 is 0 Å². The molecule has 1 fully saturated rings. The number of hydrogen-bond acceptors (Lipinski definition) is 1. The van der Waals surface area contributed by atoms with E-state index in [1.165, 1.54) is 48.0 Å². The Morgan fingerprint density at radius 3 is 2.67 bits per heavy atom. The average Bonchev–Trinajstić information content (AvgIpc) is 2.15. The van der Waals surface area contributed by atoms with Crippen molar-refractivity contribution >= 4 is 19.9 Å². The van der Waals surface area contributed by atoms with Gasteiger partial charge in [-0.15, -0.1) is 0 Å². The molecule has 0 amide bonds. The van der Waals surface area contributed by atoms with E-state index in [2.05, 4.69) is 11.9 Å². The van der Waals surface area contributed by atoms with Crippen molar-refractivity contribution < 1.29 is 0 Å². The summed E-state index contributed by atoms with van der Waals surface area (Å²) in [4.78, 5) is 3.78. The minimum atomic E-state index is 0.141. The molecule has 0 heterocycles. The van der Waals surface area contributed by atoms with Crippen molar-refractivity contribution in [2.45, 2.75) is 50.7 Å². The second-order valence-electron chi connectivity index (χ2n) is 4.14. The molecule has 1 nitrogen and oxygen atoms in total. The van der Waals surface area contributed by atoms with E-state index in [0.29, 0.717) is 0 Å². The molecule has 1 aliphatic carbocycles. The van der Waals surface area contributed by atoms with Gasteiger partial charge >= 0.3 is 0 Å². The van der Waals surface area contributed by atoms with E-state index in [1.54, 1.807) is 0 Å². The number of hydrogen-bond donors (Lipinski definition) is 1. The lowest BCUT2D eigenvalue weighted by molar-refractivity contribution is 0.304. The van der Waals surface area contributed by atoms with Crippen LogP contribution in [0.2, 0.25) is 5.67 Å². The van der Waals surface area contributed by atoms with E-state index in [9.17, 15) is 0 Å². The van der Waals surface area contributed by atoms with Gasteiger partial charge in [-0.05, 0) is 24.8 Å². The first kappa shape index (κ1) is 10.5. The van der Waals surface area contributed by atoms with Crippen LogP contribution in [0.4, 0.5) is 0 Å². The molecule has 1 rings (SSSR count). The highest BCUT2D eigenvalue weighted by Gasteiger charge is 2.18. The monoisotopic (exact) mass is 201 g/mol. The molecule has 1 unspecified atom stereocenters.